The van der Waals surface area contributed by atoms with Crippen LogP contribution in [0.2, 0.25) is 5.02 Å². The fraction of sp³-hybridized carbons (Fsp3) is 0.286. The summed E-state index contributed by atoms with van der Waals surface area (Å²) in [5.41, 5.74) is 5.36. The van der Waals surface area contributed by atoms with E-state index in [0.717, 1.165) is 0 Å². The summed E-state index contributed by atoms with van der Waals surface area (Å²) in [7, 11) is 0. The first-order valence-electron chi connectivity index (χ1n) is 3.72. The molecule has 0 fully saturated rings. The Bertz CT molecular complexity index is 372. The second kappa shape index (κ2) is 4.56. The summed E-state index contributed by atoms with van der Waals surface area (Å²) >= 11 is 8.88. The Morgan fingerprint density at radius 2 is 2.29 bits per heavy atom. The summed E-state index contributed by atoms with van der Waals surface area (Å²) in [6, 6.07) is 0. The third kappa shape index (κ3) is 2.13. The van der Waals surface area contributed by atoms with Crippen molar-refractivity contribution in [1.82, 2.24) is 10.2 Å². The first-order chi connectivity index (χ1) is 6.57. The van der Waals surface area contributed by atoms with Gasteiger partial charge in [-0.15, -0.1) is 10.2 Å². The second-order valence-corrected chi connectivity index (χ2v) is 3.45. The number of anilines is 1. The van der Waals surface area contributed by atoms with Gasteiger partial charge in [0.25, 0.3) is 0 Å². The number of hydrogen-bond acceptors (Lipinski definition) is 5. The van der Waals surface area contributed by atoms with E-state index in [1.807, 2.05) is 0 Å². The van der Waals surface area contributed by atoms with Gasteiger partial charge < -0.3 is 10.5 Å². The number of ether oxygens (including phenoxy) is 1. The van der Waals surface area contributed by atoms with Crippen molar-refractivity contribution < 1.29 is 9.53 Å². The minimum absolute atomic E-state index is 0.0467. The number of hydrogen-bond donors (Lipinski definition) is 1. The molecule has 1 rings (SSSR count). The highest BCUT2D eigenvalue weighted by atomic mass is 79.9. The molecule has 5 nitrogen and oxygen atoms in total. The zero-order valence-electron chi connectivity index (χ0n) is 7.25. The smallest absolute Gasteiger partial charge is 0.360 e. The van der Waals surface area contributed by atoms with Crippen LogP contribution in [-0.4, -0.2) is 22.8 Å². The first-order valence-corrected chi connectivity index (χ1v) is 4.89. The van der Waals surface area contributed by atoms with E-state index in [0.29, 0.717) is 4.47 Å². The van der Waals surface area contributed by atoms with Gasteiger partial charge >= 0.3 is 5.97 Å². The number of carbonyl (C=O) groups is 1. The van der Waals surface area contributed by atoms with Crippen molar-refractivity contribution in [2.24, 2.45) is 0 Å². The minimum atomic E-state index is -0.620. The zero-order valence-corrected chi connectivity index (χ0v) is 9.59. The monoisotopic (exact) mass is 279 g/mol. The SMILES string of the molecule is CCOC(=O)c1nnc(N)c(Br)c1Cl. The Labute approximate surface area is 93.7 Å². The van der Waals surface area contributed by atoms with Crippen molar-refractivity contribution in [2.75, 3.05) is 12.3 Å². The van der Waals surface area contributed by atoms with Crippen molar-refractivity contribution >= 4 is 39.3 Å². The van der Waals surface area contributed by atoms with Gasteiger partial charge in [0.15, 0.2) is 11.5 Å². The predicted octanol–water partition coefficient (Wildman–Crippen LogP) is 1.65. The molecule has 2 N–H and O–H groups in total. The van der Waals surface area contributed by atoms with E-state index in [9.17, 15) is 4.79 Å². The zero-order chi connectivity index (χ0) is 10.7. The molecule has 0 amide bonds. The molecule has 76 valence electrons. The Morgan fingerprint density at radius 1 is 1.64 bits per heavy atom. The van der Waals surface area contributed by atoms with Crippen LogP contribution in [0.4, 0.5) is 5.82 Å². The lowest BCUT2D eigenvalue weighted by molar-refractivity contribution is 0.0518. The van der Waals surface area contributed by atoms with Crippen molar-refractivity contribution in [3.63, 3.8) is 0 Å². The standard InChI is InChI=1S/C7H7BrClN3O2/c1-2-14-7(13)5-4(9)3(8)6(10)12-11-5/h2H2,1H3,(H2,10,12). The molecule has 1 aromatic heterocycles. The minimum Gasteiger partial charge on any atom is -0.461 e. The lowest BCUT2D eigenvalue weighted by Crippen LogP contribution is -2.10. The van der Waals surface area contributed by atoms with E-state index in [4.69, 9.17) is 22.1 Å². The summed E-state index contributed by atoms with van der Waals surface area (Å²) in [6.07, 6.45) is 0. The molecule has 0 aliphatic heterocycles. The van der Waals surface area contributed by atoms with Crippen LogP contribution in [0, 0.1) is 0 Å². The second-order valence-electron chi connectivity index (χ2n) is 2.28. The topological polar surface area (TPSA) is 78.1 Å². The van der Waals surface area contributed by atoms with Crippen LogP contribution in [0.5, 0.6) is 0 Å². The van der Waals surface area contributed by atoms with Crippen molar-refractivity contribution in [1.29, 1.82) is 0 Å². The van der Waals surface area contributed by atoms with E-state index in [2.05, 4.69) is 26.1 Å². The molecule has 0 aliphatic carbocycles. The van der Waals surface area contributed by atoms with E-state index < -0.39 is 5.97 Å². The van der Waals surface area contributed by atoms with Crippen LogP contribution < -0.4 is 5.73 Å². The first kappa shape index (κ1) is 11.2. The molecule has 0 saturated carbocycles. The molecule has 14 heavy (non-hydrogen) atoms. The summed E-state index contributed by atoms with van der Waals surface area (Å²) < 4.78 is 5.06. The van der Waals surface area contributed by atoms with Gasteiger partial charge in [0, 0.05) is 0 Å². The number of rotatable bonds is 2. The lowest BCUT2D eigenvalue weighted by atomic mass is 10.4. The van der Waals surface area contributed by atoms with Crippen molar-refractivity contribution in [3.8, 4) is 0 Å². The molecule has 0 spiro atoms. The quantitative estimate of drug-likeness (QED) is 0.833. The lowest BCUT2D eigenvalue weighted by Gasteiger charge is -2.04. The normalized spacial score (nSPS) is 9.93. The van der Waals surface area contributed by atoms with Gasteiger partial charge in [-0.05, 0) is 22.9 Å². The Hall–Kier alpha value is -0.880. The maximum absolute atomic E-state index is 11.3. The largest absolute Gasteiger partial charge is 0.461 e. The van der Waals surface area contributed by atoms with E-state index in [1.54, 1.807) is 6.92 Å². The van der Waals surface area contributed by atoms with Crippen LogP contribution >= 0.6 is 27.5 Å². The summed E-state index contributed by atoms with van der Waals surface area (Å²) in [4.78, 5) is 11.3. The molecular weight excluding hydrogens is 273 g/mol. The number of nitrogen functional groups attached to an aromatic ring is 1. The average molecular weight is 281 g/mol. The third-order valence-corrected chi connectivity index (χ3v) is 2.75. The van der Waals surface area contributed by atoms with E-state index >= 15 is 0 Å². The summed E-state index contributed by atoms with van der Waals surface area (Å²) in [6.45, 7) is 1.93. The molecule has 0 aliphatic rings. The van der Waals surface area contributed by atoms with E-state index in [-0.39, 0.29) is 23.1 Å². The van der Waals surface area contributed by atoms with Crippen LogP contribution in [0.3, 0.4) is 0 Å². The van der Waals surface area contributed by atoms with Crippen LogP contribution in [0.1, 0.15) is 17.4 Å². The molecule has 0 atom stereocenters. The predicted molar refractivity (Wildman–Crippen MR) is 55.1 cm³/mol. The number of halogens is 2. The molecule has 0 radical (unpaired) electrons. The van der Waals surface area contributed by atoms with Crippen molar-refractivity contribution in [2.45, 2.75) is 6.92 Å². The number of nitrogens with two attached hydrogens (primary N) is 1. The van der Waals surface area contributed by atoms with Gasteiger partial charge in [-0.3, -0.25) is 0 Å². The maximum atomic E-state index is 11.3. The van der Waals surface area contributed by atoms with Gasteiger partial charge in [-0.1, -0.05) is 11.6 Å². The maximum Gasteiger partial charge on any atom is 0.360 e. The highest BCUT2D eigenvalue weighted by Crippen LogP contribution is 2.28. The highest BCUT2D eigenvalue weighted by molar-refractivity contribution is 9.10. The fourth-order valence-electron chi connectivity index (χ4n) is 0.738. The van der Waals surface area contributed by atoms with Crippen molar-refractivity contribution in [3.05, 3.63) is 15.2 Å². The number of aromatic nitrogens is 2. The molecule has 7 heteroatoms. The molecule has 0 saturated heterocycles. The number of esters is 1. The molecule has 0 bridgehead atoms. The molecule has 1 heterocycles. The molecular formula is C7H7BrClN3O2. The Kier molecular flexibility index (Phi) is 3.65. The molecule has 0 aromatic carbocycles. The highest BCUT2D eigenvalue weighted by Gasteiger charge is 2.18. The molecule has 0 unspecified atom stereocenters. The van der Waals surface area contributed by atoms with Gasteiger partial charge in [0.1, 0.15) is 0 Å². The van der Waals surface area contributed by atoms with E-state index in [1.165, 1.54) is 0 Å². The summed E-state index contributed by atoms with van der Waals surface area (Å²) in [5, 5.41) is 7.19. The van der Waals surface area contributed by atoms with Crippen LogP contribution in [0.25, 0.3) is 0 Å². The average Bonchev–Trinajstić information content (AvgIpc) is 2.15. The Morgan fingerprint density at radius 3 is 2.86 bits per heavy atom. The van der Waals surface area contributed by atoms with Crippen LogP contribution in [-0.2, 0) is 4.74 Å². The van der Waals surface area contributed by atoms with Gasteiger partial charge in [-0.2, -0.15) is 0 Å². The Balaban J connectivity index is 3.11. The molecule has 1 aromatic rings. The fourth-order valence-corrected chi connectivity index (χ4v) is 1.22. The van der Waals surface area contributed by atoms with Gasteiger partial charge in [0.2, 0.25) is 0 Å². The van der Waals surface area contributed by atoms with Gasteiger partial charge in [0.05, 0.1) is 16.1 Å². The van der Waals surface area contributed by atoms with Gasteiger partial charge in [-0.25, -0.2) is 4.79 Å². The summed E-state index contributed by atoms with van der Waals surface area (Å²) in [5.74, 6) is -0.492. The third-order valence-electron chi connectivity index (χ3n) is 1.35. The number of nitrogens with zero attached hydrogens (tertiary/aromatic N) is 2. The van der Waals surface area contributed by atoms with Crippen LogP contribution in [0.15, 0.2) is 4.47 Å². The number of carbonyl (C=O) groups excluding carboxylic acids is 1.